The van der Waals surface area contributed by atoms with Crippen molar-refractivity contribution in [3.63, 3.8) is 0 Å². The quantitative estimate of drug-likeness (QED) is 0.310. The predicted molar refractivity (Wildman–Crippen MR) is 156 cm³/mol. The Morgan fingerprint density at radius 2 is 1.86 bits per heavy atom. The van der Waals surface area contributed by atoms with Gasteiger partial charge in [-0.2, -0.15) is 0 Å². The molecule has 0 N–H and O–H groups in total. The van der Waals surface area contributed by atoms with Crippen molar-refractivity contribution in [1.82, 2.24) is 14.3 Å². The van der Waals surface area contributed by atoms with Crippen molar-refractivity contribution in [2.24, 2.45) is 5.92 Å². The first-order valence-electron chi connectivity index (χ1n) is 12.9. The van der Waals surface area contributed by atoms with E-state index < -0.39 is 0 Å². The molecule has 1 aromatic carbocycles. The van der Waals surface area contributed by atoms with Gasteiger partial charge in [0.15, 0.2) is 0 Å². The number of amides is 1. The summed E-state index contributed by atoms with van der Waals surface area (Å²) in [6, 6.07) is 14.5. The van der Waals surface area contributed by atoms with Gasteiger partial charge in [-0.1, -0.05) is 67.3 Å². The van der Waals surface area contributed by atoms with Gasteiger partial charge < -0.3 is 4.90 Å². The highest BCUT2D eigenvalue weighted by Crippen LogP contribution is 2.36. The maximum absolute atomic E-state index is 13.8. The number of pyridine rings is 1. The number of thiocarbonyl (C=S) groups is 1. The van der Waals surface area contributed by atoms with Gasteiger partial charge in [0.2, 0.25) is 0 Å². The molecule has 0 bridgehead atoms. The molecule has 0 saturated carbocycles. The largest absolute Gasteiger partial charge is 0.356 e. The number of hydrogen-bond donors (Lipinski definition) is 0. The van der Waals surface area contributed by atoms with Crippen molar-refractivity contribution in [2.45, 2.75) is 52.5 Å². The van der Waals surface area contributed by atoms with E-state index in [0.29, 0.717) is 32.2 Å². The summed E-state index contributed by atoms with van der Waals surface area (Å²) in [5.74, 6) is 1.12. The van der Waals surface area contributed by atoms with Crippen LogP contribution in [0.2, 0.25) is 0 Å². The predicted octanol–water partition coefficient (Wildman–Crippen LogP) is 5.46. The Bertz CT molecular complexity index is 1430. The van der Waals surface area contributed by atoms with Gasteiger partial charge in [-0.25, -0.2) is 4.98 Å². The van der Waals surface area contributed by atoms with Crippen LogP contribution >= 0.6 is 24.0 Å². The maximum Gasteiger partial charge on any atom is 0.267 e. The molecule has 5 rings (SSSR count). The monoisotopic (exact) mass is 532 g/mol. The highest BCUT2D eigenvalue weighted by molar-refractivity contribution is 8.26. The topological polar surface area (TPSA) is 57.9 Å². The van der Waals surface area contributed by atoms with E-state index in [1.807, 2.05) is 39.1 Å². The lowest BCUT2D eigenvalue weighted by molar-refractivity contribution is -0.123. The van der Waals surface area contributed by atoms with Crippen LogP contribution in [-0.4, -0.2) is 43.6 Å². The summed E-state index contributed by atoms with van der Waals surface area (Å²) in [4.78, 5) is 36.3. The summed E-state index contributed by atoms with van der Waals surface area (Å²) in [6.07, 6.45) is 7.45. The Morgan fingerprint density at radius 3 is 2.57 bits per heavy atom. The molecule has 6 nitrogen and oxygen atoms in total. The fourth-order valence-electron chi connectivity index (χ4n) is 5.08. The molecule has 2 aliphatic heterocycles. The number of carbonyl (C=O) groups is 1. The Labute approximate surface area is 227 Å². The Hall–Kier alpha value is -2.97. The number of anilines is 1. The summed E-state index contributed by atoms with van der Waals surface area (Å²) in [5, 5.41) is 0. The van der Waals surface area contributed by atoms with Gasteiger partial charge in [0.1, 0.15) is 15.8 Å². The highest BCUT2D eigenvalue weighted by atomic mass is 32.2. The number of hydrogen-bond acceptors (Lipinski definition) is 6. The van der Waals surface area contributed by atoms with Crippen molar-refractivity contribution in [3.8, 4) is 0 Å². The molecule has 1 unspecified atom stereocenters. The molecule has 1 atom stereocenters. The lowest BCUT2D eigenvalue weighted by Gasteiger charge is -2.33. The zero-order valence-corrected chi connectivity index (χ0v) is 23.1. The second-order valence-electron chi connectivity index (χ2n) is 10.0. The average Bonchev–Trinajstić information content (AvgIpc) is 3.19. The van der Waals surface area contributed by atoms with Crippen molar-refractivity contribution in [2.75, 3.05) is 18.0 Å². The lowest BCUT2D eigenvalue weighted by Crippen LogP contribution is -2.37. The van der Waals surface area contributed by atoms with Crippen LogP contribution in [0.1, 0.15) is 49.8 Å². The standard InChI is InChI=1S/C29H32N4O2S2/c1-4-20(3)33-28(35)24(37-29(33)36)17-23-26(30-25-11-10-19(2)18-32(25)27(23)34)31-14-12-22(13-15-31)16-21-8-6-5-7-9-21/h5-11,17-18,20,22H,4,12-16H2,1-3H3/b24-17-. The number of rotatable bonds is 6. The van der Waals surface area contributed by atoms with Crippen LogP contribution < -0.4 is 10.5 Å². The number of benzene rings is 1. The molecule has 0 aliphatic carbocycles. The van der Waals surface area contributed by atoms with E-state index in [1.165, 1.54) is 17.3 Å². The van der Waals surface area contributed by atoms with Crippen LogP contribution in [0.25, 0.3) is 11.7 Å². The van der Waals surface area contributed by atoms with Gasteiger partial charge in [-0.05, 0) is 68.7 Å². The van der Waals surface area contributed by atoms with Crippen molar-refractivity contribution in [3.05, 3.63) is 80.6 Å². The Morgan fingerprint density at radius 1 is 1.14 bits per heavy atom. The van der Waals surface area contributed by atoms with E-state index in [4.69, 9.17) is 17.2 Å². The smallest absolute Gasteiger partial charge is 0.267 e. The first-order valence-corrected chi connectivity index (χ1v) is 14.2. The van der Waals surface area contributed by atoms with Gasteiger partial charge in [-0.3, -0.25) is 18.9 Å². The molecule has 2 aliphatic rings. The summed E-state index contributed by atoms with van der Waals surface area (Å²) >= 11 is 6.79. The number of carbonyl (C=O) groups excluding carboxylic acids is 1. The average molecular weight is 533 g/mol. The third-order valence-corrected chi connectivity index (χ3v) is 8.73. The fourth-order valence-corrected chi connectivity index (χ4v) is 6.53. The summed E-state index contributed by atoms with van der Waals surface area (Å²) < 4.78 is 2.13. The number of piperidine rings is 1. The molecule has 4 heterocycles. The molecule has 2 saturated heterocycles. The fraction of sp³-hybridized carbons (Fsp3) is 0.379. The summed E-state index contributed by atoms with van der Waals surface area (Å²) in [5.41, 5.74) is 3.24. The van der Waals surface area contributed by atoms with E-state index in [9.17, 15) is 9.59 Å². The molecule has 2 aromatic heterocycles. The molecule has 1 amide bonds. The minimum Gasteiger partial charge on any atom is -0.356 e. The van der Waals surface area contributed by atoms with Crippen molar-refractivity contribution >= 4 is 51.7 Å². The van der Waals surface area contributed by atoms with Crippen molar-refractivity contribution < 1.29 is 4.79 Å². The van der Waals surface area contributed by atoms with E-state index in [-0.39, 0.29) is 17.5 Å². The second-order valence-corrected chi connectivity index (χ2v) is 11.7. The minimum absolute atomic E-state index is 0.0139. The third-order valence-electron chi connectivity index (χ3n) is 7.40. The first-order chi connectivity index (χ1) is 17.9. The normalized spacial score (nSPS) is 18.8. The molecule has 3 aromatic rings. The molecule has 0 spiro atoms. The number of nitrogens with zero attached hydrogens (tertiary/aromatic N) is 4. The van der Waals surface area contributed by atoms with Gasteiger partial charge >= 0.3 is 0 Å². The van der Waals surface area contributed by atoms with Crippen LogP contribution in [0, 0.1) is 12.8 Å². The molecule has 0 radical (unpaired) electrons. The highest BCUT2D eigenvalue weighted by Gasteiger charge is 2.35. The number of aromatic nitrogens is 2. The molecule has 2 fully saturated rings. The van der Waals surface area contributed by atoms with Crippen LogP contribution in [0.3, 0.4) is 0 Å². The number of aryl methyl sites for hydroxylation is 1. The zero-order chi connectivity index (χ0) is 26.1. The molecule has 192 valence electrons. The van der Waals surface area contributed by atoms with Crippen LogP contribution in [0.15, 0.2) is 58.4 Å². The third kappa shape index (κ3) is 5.22. The summed E-state index contributed by atoms with van der Waals surface area (Å²) in [6.45, 7) is 7.62. The summed E-state index contributed by atoms with van der Waals surface area (Å²) in [7, 11) is 0. The van der Waals surface area contributed by atoms with Crippen molar-refractivity contribution in [1.29, 1.82) is 0 Å². The first kappa shape index (κ1) is 25.7. The van der Waals surface area contributed by atoms with Gasteiger partial charge in [0.25, 0.3) is 11.5 Å². The number of fused-ring (bicyclic) bond motifs is 1. The molecule has 37 heavy (non-hydrogen) atoms. The van der Waals surface area contributed by atoms with E-state index in [1.54, 1.807) is 15.4 Å². The second kappa shape index (κ2) is 10.8. The SMILES string of the molecule is CCC(C)N1C(=O)/C(=C/c2c(N3CCC(Cc4ccccc4)CC3)nc3ccc(C)cn3c2=O)SC1=S. The minimum atomic E-state index is -0.163. The van der Waals surface area contributed by atoms with E-state index in [2.05, 4.69) is 35.2 Å². The molecular formula is C29H32N4O2S2. The Kier molecular flexibility index (Phi) is 7.49. The zero-order valence-electron chi connectivity index (χ0n) is 21.5. The number of thioether (sulfide) groups is 1. The Balaban J connectivity index is 1.50. The van der Waals surface area contributed by atoms with Gasteiger partial charge in [0.05, 0.1) is 10.5 Å². The van der Waals surface area contributed by atoms with Crippen LogP contribution in [0.5, 0.6) is 0 Å². The maximum atomic E-state index is 13.8. The van der Waals surface area contributed by atoms with Gasteiger partial charge in [0, 0.05) is 25.3 Å². The van der Waals surface area contributed by atoms with Gasteiger partial charge in [-0.15, -0.1) is 0 Å². The van der Waals surface area contributed by atoms with E-state index >= 15 is 0 Å². The van der Waals surface area contributed by atoms with Crippen LogP contribution in [0.4, 0.5) is 5.82 Å². The molecule has 8 heteroatoms. The lowest BCUT2D eigenvalue weighted by atomic mass is 9.90. The van der Waals surface area contributed by atoms with E-state index in [0.717, 1.165) is 44.3 Å². The molecular weight excluding hydrogens is 500 g/mol. The van der Waals surface area contributed by atoms with Crippen LogP contribution in [-0.2, 0) is 11.2 Å².